The zero-order valence-corrected chi connectivity index (χ0v) is 10.5. The molecule has 0 radical (unpaired) electrons. The fraction of sp³-hybridized carbons (Fsp3) is 0.143. The maximum absolute atomic E-state index is 11.2. The number of amides is 1. The minimum absolute atomic E-state index is 0.332. The van der Waals surface area contributed by atoms with Gasteiger partial charge >= 0.3 is 0 Å². The van der Waals surface area contributed by atoms with Crippen LogP contribution in [0, 0.1) is 0 Å². The number of benzene rings is 1. The molecule has 5 nitrogen and oxygen atoms in total. The van der Waals surface area contributed by atoms with Crippen molar-refractivity contribution in [3.05, 3.63) is 53.9 Å². The van der Waals surface area contributed by atoms with E-state index in [0.717, 1.165) is 5.56 Å². The van der Waals surface area contributed by atoms with Crippen LogP contribution in [0.25, 0.3) is 0 Å². The third-order valence-corrected chi connectivity index (χ3v) is 2.59. The molecule has 0 aliphatic carbocycles. The summed E-state index contributed by atoms with van der Waals surface area (Å²) in [4.78, 5) is 15.1. The van der Waals surface area contributed by atoms with Crippen LogP contribution in [-0.2, 0) is 6.61 Å². The van der Waals surface area contributed by atoms with E-state index in [1.807, 2.05) is 12.1 Å². The quantitative estimate of drug-likeness (QED) is 0.886. The fourth-order valence-corrected chi connectivity index (χ4v) is 1.61. The molecule has 1 amide bonds. The summed E-state index contributed by atoms with van der Waals surface area (Å²) in [6.07, 6.45) is 3.41. The molecule has 0 spiro atoms. The number of nitrogens with two attached hydrogens (primary N) is 1. The summed E-state index contributed by atoms with van der Waals surface area (Å²) >= 11 is 0. The Morgan fingerprint density at radius 1 is 1.26 bits per heavy atom. The highest BCUT2D eigenvalue weighted by Crippen LogP contribution is 2.24. The Labute approximate surface area is 111 Å². The van der Waals surface area contributed by atoms with Gasteiger partial charge in [0.2, 0.25) is 0 Å². The lowest BCUT2D eigenvalue weighted by atomic mass is 10.2. The van der Waals surface area contributed by atoms with Crippen LogP contribution < -0.4 is 15.2 Å². The molecule has 2 rings (SSSR count). The van der Waals surface area contributed by atoms with E-state index in [0.29, 0.717) is 23.7 Å². The normalized spacial score (nSPS) is 9.95. The SMILES string of the molecule is COc1cc(OCc2ccncc2)ccc1C(N)=O. The average Bonchev–Trinajstić information content (AvgIpc) is 2.45. The number of aromatic nitrogens is 1. The summed E-state index contributed by atoms with van der Waals surface area (Å²) in [5, 5.41) is 0. The van der Waals surface area contributed by atoms with Crippen molar-refractivity contribution in [3.8, 4) is 11.5 Å². The monoisotopic (exact) mass is 258 g/mol. The summed E-state index contributed by atoms with van der Waals surface area (Å²) < 4.78 is 10.7. The van der Waals surface area contributed by atoms with Gasteiger partial charge in [-0.25, -0.2) is 0 Å². The molecule has 0 bridgehead atoms. The lowest BCUT2D eigenvalue weighted by Crippen LogP contribution is -2.12. The van der Waals surface area contributed by atoms with Crippen molar-refractivity contribution < 1.29 is 14.3 Å². The number of primary amides is 1. The van der Waals surface area contributed by atoms with Crippen LogP contribution in [0.15, 0.2) is 42.7 Å². The third-order valence-electron chi connectivity index (χ3n) is 2.59. The number of hydrogen-bond acceptors (Lipinski definition) is 4. The van der Waals surface area contributed by atoms with E-state index in [1.165, 1.54) is 7.11 Å². The molecular formula is C14H14N2O3. The Kier molecular flexibility index (Phi) is 3.97. The van der Waals surface area contributed by atoms with Crippen molar-refractivity contribution in [3.63, 3.8) is 0 Å². The highest BCUT2D eigenvalue weighted by molar-refractivity contribution is 5.95. The zero-order valence-electron chi connectivity index (χ0n) is 10.5. The Morgan fingerprint density at radius 2 is 2.00 bits per heavy atom. The Hall–Kier alpha value is -2.56. The Balaban J connectivity index is 2.11. The number of pyridine rings is 1. The van der Waals surface area contributed by atoms with Gasteiger partial charge in [-0.05, 0) is 29.8 Å². The molecule has 2 aromatic rings. The van der Waals surface area contributed by atoms with Gasteiger partial charge in [0.05, 0.1) is 12.7 Å². The molecule has 0 saturated carbocycles. The van der Waals surface area contributed by atoms with Crippen molar-refractivity contribution in [1.82, 2.24) is 4.98 Å². The van der Waals surface area contributed by atoms with Crippen LogP contribution in [0.4, 0.5) is 0 Å². The van der Waals surface area contributed by atoms with Crippen molar-refractivity contribution in [1.29, 1.82) is 0 Å². The van der Waals surface area contributed by atoms with Gasteiger partial charge in [0, 0.05) is 18.5 Å². The summed E-state index contributed by atoms with van der Waals surface area (Å²) in [7, 11) is 1.48. The summed E-state index contributed by atoms with van der Waals surface area (Å²) in [6, 6.07) is 8.65. The first-order chi connectivity index (χ1) is 9.20. The summed E-state index contributed by atoms with van der Waals surface area (Å²) in [5.41, 5.74) is 6.58. The molecule has 0 aliphatic heterocycles. The molecule has 1 heterocycles. The Morgan fingerprint density at radius 3 is 2.63 bits per heavy atom. The topological polar surface area (TPSA) is 74.4 Å². The van der Waals surface area contributed by atoms with Crippen molar-refractivity contribution in [2.45, 2.75) is 6.61 Å². The molecule has 0 unspecified atom stereocenters. The van der Waals surface area contributed by atoms with Crippen LogP contribution in [-0.4, -0.2) is 18.0 Å². The van der Waals surface area contributed by atoms with E-state index in [-0.39, 0.29) is 0 Å². The van der Waals surface area contributed by atoms with Gasteiger partial charge in [0.1, 0.15) is 18.1 Å². The van der Waals surface area contributed by atoms with E-state index >= 15 is 0 Å². The molecule has 5 heteroatoms. The van der Waals surface area contributed by atoms with E-state index in [9.17, 15) is 4.79 Å². The van der Waals surface area contributed by atoms with Gasteiger partial charge in [0.15, 0.2) is 0 Å². The molecule has 0 atom stereocenters. The second-order valence-electron chi connectivity index (χ2n) is 3.87. The van der Waals surface area contributed by atoms with E-state index in [4.69, 9.17) is 15.2 Å². The van der Waals surface area contributed by atoms with Crippen molar-refractivity contribution in [2.24, 2.45) is 5.73 Å². The number of nitrogens with zero attached hydrogens (tertiary/aromatic N) is 1. The van der Waals surface area contributed by atoms with Crippen molar-refractivity contribution >= 4 is 5.91 Å². The van der Waals surface area contributed by atoms with Crippen LogP contribution in [0.5, 0.6) is 11.5 Å². The van der Waals surface area contributed by atoms with Crippen LogP contribution in [0.3, 0.4) is 0 Å². The number of methoxy groups -OCH3 is 1. The number of rotatable bonds is 5. The zero-order chi connectivity index (χ0) is 13.7. The van der Waals surface area contributed by atoms with Crippen LogP contribution in [0.2, 0.25) is 0 Å². The minimum atomic E-state index is -0.530. The maximum atomic E-state index is 11.2. The molecule has 0 fully saturated rings. The summed E-state index contributed by atoms with van der Waals surface area (Å²) in [6.45, 7) is 0.418. The first-order valence-electron chi connectivity index (χ1n) is 5.70. The number of carbonyl (C=O) groups excluding carboxylic acids is 1. The average molecular weight is 258 g/mol. The van der Waals surface area contributed by atoms with E-state index in [1.54, 1.807) is 30.6 Å². The highest BCUT2D eigenvalue weighted by atomic mass is 16.5. The second-order valence-corrected chi connectivity index (χ2v) is 3.87. The number of ether oxygens (including phenoxy) is 2. The highest BCUT2D eigenvalue weighted by Gasteiger charge is 2.09. The fourth-order valence-electron chi connectivity index (χ4n) is 1.61. The van der Waals surface area contributed by atoms with Gasteiger partial charge in [-0.1, -0.05) is 0 Å². The molecule has 1 aromatic heterocycles. The molecule has 2 N–H and O–H groups in total. The first kappa shape index (κ1) is 12.9. The summed E-state index contributed by atoms with van der Waals surface area (Å²) in [5.74, 6) is 0.482. The van der Waals surface area contributed by atoms with Gasteiger partial charge in [0.25, 0.3) is 5.91 Å². The van der Waals surface area contributed by atoms with Crippen molar-refractivity contribution in [2.75, 3.05) is 7.11 Å². The standard InChI is InChI=1S/C14H14N2O3/c1-18-13-8-11(2-3-12(13)14(15)17)19-9-10-4-6-16-7-5-10/h2-8H,9H2,1H3,(H2,15,17). The van der Waals surface area contributed by atoms with Crippen LogP contribution >= 0.6 is 0 Å². The molecule has 98 valence electrons. The molecule has 0 aliphatic rings. The Bertz CT molecular complexity index is 570. The van der Waals surface area contributed by atoms with Gasteiger partial charge in [-0.2, -0.15) is 0 Å². The number of hydrogen-bond donors (Lipinski definition) is 1. The largest absolute Gasteiger partial charge is 0.496 e. The lowest BCUT2D eigenvalue weighted by molar-refractivity contribution is 0.0997. The second kappa shape index (κ2) is 5.86. The molecular weight excluding hydrogens is 244 g/mol. The minimum Gasteiger partial charge on any atom is -0.496 e. The first-order valence-corrected chi connectivity index (χ1v) is 5.70. The van der Waals surface area contributed by atoms with Gasteiger partial charge in [-0.15, -0.1) is 0 Å². The van der Waals surface area contributed by atoms with Crippen LogP contribution in [0.1, 0.15) is 15.9 Å². The third kappa shape index (κ3) is 3.22. The lowest BCUT2D eigenvalue weighted by Gasteiger charge is -2.10. The predicted molar refractivity (Wildman–Crippen MR) is 70.1 cm³/mol. The van der Waals surface area contributed by atoms with E-state index in [2.05, 4.69) is 4.98 Å². The molecule has 0 saturated heterocycles. The van der Waals surface area contributed by atoms with Gasteiger partial charge < -0.3 is 15.2 Å². The van der Waals surface area contributed by atoms with E-state index < -0.39 is 5.91 Å². The van der Waals surface area contributed by atoms with Gasteiger partial charge in [-0.3, -0.25) is 9.78 Å². The maximum Gasteiger partial charge on any atom is 0.252 e. The predicted octanol–water partition coefficient (Wildman–Crippen LogP) is 1.77. The molecule has 1 aromatic carbocycles. The number of carbonyl (C=O) groups is 1. The molecule has 19 heavy (non-hydrogen) atoms. The smallest absolute Gasteiger partial charge is 0.252 e.